The molecule has 0 spiro atoms. The smallest absolute Gasteiger partial charge is 0.303 e. The van der Waals surface area contributed by atoms with Gasteiger partial charge in [0, 0.05) is 26.6 Å². The standard InChI is InChI=1S/C11H16ClN3O4S/c1-14-11(9(12)7-13-14)20(18,19)15-4-2-8(3-5-15)6-10(16)17/h7-8H,2-6H2,1H3,(H,16,17). The summed E-state index contributed by atoms with van der Waals surface area (Å²) in [5.74, 6) is -0.818. The number of rotatable bonds is 4. The third-order valence-corrected chi connectivity index (χ3v) is 5.87. The molecule has 2 heterocycles. The third-order valence-electron chi connectivity index (χ3n) is 3.46. The number of aliphatic carboxylic acids is 1. The lowest BCUT2D eigenvalue weighted by atomic mass is 9.95. The average molecular weight is 322 g/mol. The molecule has 1 saturated heterocycles. The van der Waals surface area contributed by atoms with E-state index in [2.05, 4.69) is 5.10 Å². The summed E-state index contributed by atoms with van der Waals surface area (Å²) in [6.07, 6.45) is 2.47. The first kappa shape index (κ1) is 15.3. The van der Waals surface area contributed by atoms with E-state index in [0.717, 1.165) is 0 Å². The number of carboxylic acid groups (broad SMARTS) is 1. The normalized spacial score (nSPS) is 18.3. The van der Waals surface area contributed by atoms with Crippen LogP contribution in [0.2, 0.25) is 5.02 Å². The van der Waals surface area contributed by atoms with Gasteiger partial charge < -0.3 is 5.11 Å². The molecule has 1 aromatic heterocycles. The molecule has 0 aliphatic carbocycles. The van der Waals surface area contributed by atoms with Crippen molar-refractivity contribution in [3.8, 4) is 0 Å². The van der Waals surface area contributed by atoms with Gasteiger partial charge in [0.2, 0.25) is 0 Å². The fourth-order valence-corrected chi connectivity index (χ4v) is 4.49. The molecule has 0 atom stereocenters. The second-order valence-electron chi connectivity index (χ2n) is 4.87. The highest BCUT2D eigenvalue weighted by molar-refractivity contribution is 7.89. The molecule has 0 amide bonds. The van der Waals surface area contributed by atoms with Crippen molar-refractivity contribution in [1.82, 2.24) is 14.1 Å². The second-order valence-corrected chi connectivity index (χ2v) is 7.13. The van der Waals surface area contributed by atoms with Gasteiger partial charge in [0.1, 0.15) is 0 Å². The maximum absolute atomic E-state index is 12.5. The molecule has 2 rings (SSSR count). The summed E-state index contributed by atoms with van der Waals surface area (Å²) >= 11 is 5.88. The molecule has 1 N–H and O–H groups in total. The fraction of sp³-hybridized carbons (Fsp3) is 0.636. The van der Waals surface area contributed by atoms with E-state index in [0.29, 0.717) is 25.9 Å². The van der Waals surface area contributed by atoms with Crippen molar-refractivity contribution in [2.45, 2.75) is 24.3 Å². The summed E-state index contributed by atoms with van der Waals surface area (Å²) in [6, 6.07) is 0. The highest BCUT2D eigenvalue weighted by Crippen LogP contribution is 2.28. The zero-order chi connectivity index (χ0) is 14.9. The first-order chi connectivity index (χ1) is 9.32. The van der Waals surface area contributed by atoms with Gasteiger partial charge in [-0.15, -0.1) is 0 Å². The van der Waals surface area contributed by atoms with E-state index in [1.54, 1.807) is 0 Å². The number of sulfonamides is 1. The number of piperidine rings is 1. The minimum atomic E-state index is -3.68. The number of carbonyl (C=O) groups is 1. The molecule has 1 aliphatic rings. The van der Waals surface area contributed by atoms with Gasteiger partial charge in [-0.2, -0.15) is 9.40 Å². The Morgan fingerprint density at radius 2 is 2.10 bits per heavy atom. The summed E-state index contributed by atoms with van der Waals surface area (Å²) in [7, 11) is -2.15. The summed E-state index contributed by atoms with van der Waals surface area (Å²) in [6.45, 7) is 0.615. The number of carboxylic acids is 1. The minimum absolute atomic E-state index is 0.0177. The van der Waals surface area contributed by atoms with Crippen LogP contribution in [0.15, 0.2) is 11.2 Å². The van der Waals surface area contributed by atoms with E-state index < -0.39 is 16.0 Å². The highest BCUT2D eigenvalue weighted by Gasteiger charge is 2.33. The van der Waals surface area contributed by atoms with Crippen LogP contribution >= 0.6 is 11.6 Å². The summed E-state index contributed by atoms with van der Waals surface area (Å²) < 4.78 is 27.5. The highest BCUT2D eigenvalue weighted by atomic mass is 35.5. The Kier molecular flexibility index (Phi) is 4.36. The van der Waals surface area contributed by atoms with Crippen molar-refractivity contribution in [1.29, 1.82) is 0 Å². The van der Waals surface area contributed by atoms with Gasteiger partial charge in [-0.3, -0.25) is 9.48 Å². The molecule has 1 aromatic rings. The molecule has 1 fully saturated rings. The van der Waals surface area contributed by atoms with Crippen molar-refractivity contribution >= 4 is 27.6 Å². The lowest BCUT2D eigenvalue weighted by molar-refractivity contribution is -0.138. The molecule has 7 nitrogen and oxygen atoms in total. The number of hydrogen-bond acceptors (Lipinski definition) is 4. The van der Waals surface area contributed by atoms with Gasteiger partial charge >= 0.3 is 5.97 Å². The Balaban J connectivity index is 2.12. The number of halogens is 1. The van der Waals surface area contributed by atoms with Crippen molar-refractivity contribution < 1.29 is 18.3 Å². The molecule has 112 valence electrons. The van der Waals surface area contributed by atoms with Crippen molar-refractivity contribution in [2.24, 2.45) is 13.0 Å². The lowest BCUT2D eigenvalue weighted by Crippen LogP contribution is -2.39. The number of nitrogens with zero attached hydrogens (tertiary/aromatic N) is 3. The van der Waals surface area contributed by atoms with Crippen molar-refractivity contribution in [2.75, 3.05) is 13.1 Å². The van der Waals surface area contributed by atoms with Crippen LogP contribution in [-0.2, 0) is 21.9 Å². The Bertz CT molecular complexity index is 586. The van der Waals surface area contributed by atoms with E-state index in [-0.39, 0.29) is 22.4 Å². The molecule has 0 unspecified atom stereocenters. The van der Waals surface area contributed by atoms with Crippen LogP contribution in [0.5, 0.6) is 0 Å². The quantitative estimate of drug-likeness (QED) is 0.891. The molecule has 0 saturated carbocycles. The average Bonchev–Trinajstić information content (AvgIpc) is 2.69. The lowest BCUT2D eigenvalue weighted by Gasteiger charge is -2.30. The number of aryl methyl sites for hydroxylation is 1. The van der Waals surface area contributed by atoms with Crippen molar-refractivity contribution in [3.05, 3.63) is 11.2 Å². The molecule has 0 aromatic carbocycles. The molecule has 0 radical (unpaired) electrons. The van der Waals surface area contributed by atoms with Crippen LogP contribution < -0.4 is 0 Å². The summed E-state index contributed by atoms with van der Waals surface area (Å²) in [5, 5.41) is 12.7. The topological polar surface area (TPSA) is 92.5 Å². The third kappa shape index (κ3) is 2.97. The van der Waals surface area contributed by atoms with E-state index in [4.69, 9.17) is 16.7 Å². The SMILES string of the molecule is Cn1ncc(Cl)c1S(=O)(=O)N1CCC(CC(=O)O)CC1. The Morgan fingerprint density at radius 3 is 2.55 bits per heavy atom. The van der Waals surface area contributed by atoms with Gasteiger partial charge in [0.25, 0.3) is 10.0 Å². The summed E-state index contributed by atoms with van der Waals surface area (Å²) in [5.41, 5.74) is 0. The first-order valence-electron chi connectivity index (χ1n) is 6.22. The fourth-order valence-electron chi connectivity index (χ4n) is 2.41. The van der Waals surface area contributed by atoms with Crippen LogP contribution in [-0.4, -0.2) is 46.7 Å². The summed E-state index contributed by atoms with van der Waals surface area (Å²) in [4.78, 5) is 10.7. The predicted octanol–water partition coefficient (Wildman–Crippen LogP) is 0.949. The number of hydrogen-bond donors (Lipinski definition) is 1. The number of aromatic nitrogens is 2. The monoisotopic (exact) mass is 321 g/mol. The van der Waals surface area contributed by atoms with Crippen LogP contribution in [0.3, 0.4) is 0 Å². The zero-order valence-corrected chi connectivity index (χ0v) is 12.6. The van der Waals surface area contributed by atoms with Crippen molar-refractivity contribution in [3.63, 3.8) is 0 Å². The first-order valence-corrected chi connectivity index (χ1v) is 8.03. The van der Waals surface area contributed by atoms with Crippen LogP contribution in [0.4, 0.5) is 0 Å². The Hall–Kier alpha value is -1.12. The van der Waals surface area contributed by atoms with Gasteiger partial charge in [0.05, 0.1) is 11.2 Å². The van der Waals surface area contributed by atoms with E-state index in [1.165, 1.54) is 22.2 Å². The predicted molar refractivity (Wildman–Crippen MR) is 72.0 cm³/mol. The Morgan fingerprint density at radius 1 is 1.50 bits per heavy atom. The second kappa shape index (κ2) is 5.71. The van der Waals surface area contributed by atoms with Crippen LogP contribution in [0.1, 0.15) is 19.3 Å². The molecule has 20 heavy (non-hydrogen) atoms. The molecule has 0 bridgehead atoms. The molecular weight excluding hydrogens is 306 g/mol. The molecule has 9 heteroatoms. The van der Waals surface area contributed by atoms with Crippen LogP contribution in [0.25, 0.3) is 0 Å². The van der Waals surface area contributed by atoms with Gasteiger partial charge in [0.15, 0.2) is 5.03 Å². The van der Waals surface area contributed by atoms with E-state index in [1.807, 2.05) is 0 Å². The van der Waals surface area contributed by atoms with E-state index in [9.17, 15) is 13.2 Å². The minimum Gasteiger partial charge on any atom is -0.481 e. The Labute approximate surface area is 122 Å². The van der Waals surface area contributed by atoms with Crippen LogP contribution in [0, 0.1) is 5.92 Å². The van der Waals surface area contributed by atoms with Gasteiger partial charge in [-0.05, 0) is 18.8 Å². The molecule has 1 aliphatic heterocycles. The largest absolute Gasteiger partial charge is 0.481 e. The zero-order valence-electron chi connectivity index (χ0n) is 11.0. The maximum atomic E-state index is 12.5. The van der Waals surface area contributed by atoms with E-state index >= 15 is 0 Å². The van der Waals surface area contributed by atoms with Gasteiger partial charge in [-0.1, -0.05) is 11.6 Å². The maximum Gasteiger partial charge on any atom is 0.303 e. The molecular formula is C11H16ClN3O4S. The van der Waals surface area contributed by atoms with Gasteiger partial charge in [-0.25, -0.2) is 8.42 Å².